The molecule has 5 heteroatoms. The Bertz CT molecular complexity index is 252. The van der Waals surface area contributed by atoms with Gasteiger partial charge in [-0.2, -0.15) is 0 Å². The molecule has 0 atom stereocenters. The Morgan fingerprint density at radius 3 is 2.47 bits per heavy atom. The summed E-state index contributed by atoms with van der Waals surface area (Å²) in [6, 6.07) is -0.235. The zero-order valence-electron chi connectivity index (χ0n) is 9.85. The molecule has 0 radical (unpaired) electrons. The van der Waals surface area contributed by atoms with E-state index in [1.807, 2.05) is 27.0 Å². The molecule has 0 aliphatic heterocycles. The molecule has 5 nitrogen and oxygen atoms in total. The zero-order chi connectivity index (χ0) is 11.7. The number of nitrogens with zero attached hydrogens (tertiary/aromatic N) is 1. The van der Waals surface area contributed by atoms with Crippen LogP contribution in [0.15, 0.2) is 16.8 Å². The number of amides is 2. The molecule has 0 spiro atoms. The number of urea groups is 1. The van der Waals surface area contributed by atoms with Crippen molar-refractivity contribution in [3.63, 3.8) is 0 Å². The third-order valence-electron chi connectivity index (χ3n) is 1.83. The normalized spacial score (nSPS) is 12.3. The van der Waals surface area contributed by atoms with Crippen LogP contribution in [0.2, 0.25) is 0 Å². The van der Waals surface area contributed by atoms with Gasteiger partial charge in [0, 0.05) is 26.3 Å². The fraction of sp³-hybridized carbons (Fsp3) is 0.600. The van der Waals surface area contributed by atoms with Crippen molar-refractivity contribution in [2.45, 2.75) is 20.3 Å². The summed E-state index contributed by atoms with van der Waals surface area (Å²) >= 11 is 0. The van der Waals surface area contributed by atoms with E-state index in [4.69, 9.17) is 0 Å². The first-order valence-electron chi connectivity index (χ1n) is 5.07. The highest BCUT2D eigenvalue weighted by molar-refractivity contribution is 6.03. The molecule has 0 aliphatic carbocycles. The van der Waals surface area contributed by atoms with Gasteiger partial charge in [0.05, 0.1) is 0 Å². The fourth-order valence-electron chi connectivity index (χ4n) is 0.994. The molecular weight excluding hydrogens is 192 g/mol. The van der Waals surface area contributed by atoms with Gasteiger partial charge in [-0.25, -0.2) is 4.79 Å². The van der Waals surface area contributed by atoms with Gasteiger partial charge >= 0.3 is 6.03 Å². The van der Waals surface area contributed by atoms with Crippen LogP contribution in [-0.2, 0) is 0 Å². The molecule has 0 fully saturated rings. The van der Waals surface area contributed by atoms with E-state index in [0.29, 0.717) is 12.4 Å². The van der Waals surface area contributed by atoms with Crippen LogP contribution < -0.4 is 16.0 Å². The van der Waals surface area contributed by atoms with Crippen molar-refractivity contribution >= 4 is 11.9 Å². The molecule has 0 aromatic carbocycles. The molecule has 86 valence electrons. The topological polar surface area (TPSA) is 65.5 Å². The SMILES string of the molecule is CCNC(=O)NC(/C=C(/CC)NC)=NC. The maximum atomic E-state index is 11.2. The summed E-state index contributed by atoms with van der Waals surface area (Å²) in [6.07, 6.45) is 2.68. The van der Waals surface area contributed by atoms with Crippen LogP contribution >= 0.6 is 0 Å². The lowest BCUT2D eigenvalue weighted by Gasteiger charge is -2.07. The lowest BCUT2D eigenvalue weighted by atomic mass is 10.3. The van der Waals surface area contributed by atoms with E-state index in [-0.39, 0.29) is 6.03 Å². The summed E-state index contributed by atoms with van der Waals surface area (Å²) in [6.45, 7) is 4.49. The van der Waals surface area contributed by atoms with Crippen molar-refractivity contribution in [1.29, 1.82) is 0 Å². The second-order valence-electron chi connectivity index (χ2n) is 2.87. The summed E-state index contributed by atoms with van der Waals surface area (Å²) in [5.41, 5.74) is 1.02. The number of amidine groups is 1. The second kappa shape index (κ2) is 7.84. The Hall–Kier alpha value is -1.52. The number of nitrogens with one attached hydrogen (secondary N) is 3. The van der Waals surface area contributed by atoms with Crippen LogP contribution in [0.25, 0.3) is 0 Å². The summed E-state index contributed by atoms with van der Waals surface area (Å²) in [5.74, 6) is 0.548. The van der Waals surface area contributed by atoms with Crippen molar-refractivity contribution in [3.05, 3.63) is 11.8 Å². The molecule has 0 aromatic heterocycles. The Labute approximate surface area is 91.0 Å². The molecule has 2 amide bonds. The van der Waals surface area contributed by atoms with E-state index in [2.05, 4.69) is 20.9 Å². The number of hydrogen-bond acceptors (Lipinski definition) is 3. The lowest BCUT2D eigenvalue weighted by Crippen LogP contribution is -2.38. The predicted octanol–water partition coefficient (Wildman–Crippen LogP) is 0.847. The monoisotopic (exact) mass is 212 g/mol. The number of carbonyl (C=O) groups is 1. The molecule has 0 heterocycles. The molecule has 0 bridgehead atoms. The summed E-state index contributed by atoms with van der Waals surface area (Å²) in [5, 5.41) is 8.32. The fourth-order valence-corrected chi connectivity index (χ4v) is 0.994. The van der Waals surface area contributed by atoms with Crippen LogP contribution in [0, 0.1) is 0 Å². The van der Waals surface area contributed by atoms with Crippen molar-refractivity contribution in [3.8, 4) is 0 Å². The van der Waals surface area contributed by atoms with Gasteiger partial charge in [-0.3, -0.25) is 10.3 Å². The molecule has 15 heavy (non-hydrogen) atoms. The third-order valence-corrected chi connectivity index (χ3v) is 1.83. The smallest absolute Gasteiger partial charge is 0.320 e. The molecule has 3 N–H and O–H groups in total. The van der Waals surface area contributed by atoms with E-state index < -0.39 is 0 Å². The number of allylic oxidation sites excluding steroid dienone is 1. The van der Waals surface area contributed by atoms with E-state index in [1.165, 1.54) is 0 Å². The van der Waals surface area contributed by atoms with Crippen LogP contribution in [0.3, 0.4) is 0 Å². The van der Waals surface area contributed by atoms with Gasteiger partial charge in [0.25, 0.3) is 0 Å². The minimum Gasteiger partial charge on any atom is -0.391 e. The molecule has 0 aliphatic rings. The van der Waals surface area contributed by atoms with Gasteiger partial charge in [0.1, 0.15) is 5.84 Å². The Kier molecular flexibility index (Phi) is 7.05. The highest BCUT2D eigenvalue weighted by atomic mass is 16.2. The van der Waals surface area contributed by atoms with Gasteiger partial charge in [-0.1, -0.05) is 6.92 Å². The standard InChI is InChI=1S/C10H20N4O/c1-5-8(11-3)7-9(12-4)14-10(15)13-6-2/h7,11H,5-6H2,1-4H3,(H2,12,13,14,15)/b8-7-. The lowest BCUT2D eigenvalue weighted by molar-refractivity contribution is 0.246. The van der Waals surface area contributed by atoms with Crippen molar-refractivity contribution in [2.24, 2.45) is 4.99 Å². The molecule has 0 unspecified atom stereocenters. The van der Waals surface area contributed by atoms with E-state index in [0.717, 1.165) is 12.1 Å². The largest absolute Gasteiger partial charge is 0.391 e. The minimum atomic E-state index is -0.235. The summed E-state index contributed by atoms with van der Waals surface area (Å²) in [4.78, 5) is 15.2. The van der Waals surface area contributed by atoms with Crippen LogP contribution in [-0.4, -0.2) is 32.5 Å². The quantitative estimate of drug-likeness (QED) is 0.478. The number of carbonyl (C=O) groups excluding carboxylic acids is 1. The zero-order valence-corrected chi connectivity index (χ0v) is 9.85. The minimum absolute atomic E-state index is 0.235. The highest BCUT2D eigenvalue weighted by Gasteiger charge is 2.01. The van der Waals surface area contributed by atoms with Gasteiger partial charge in [-0.15, -0.1) is 0 Å². The molecule has 0 saturated heterocycles. The van der Waals surface area contributed by atoms with Gasteiger partial charge in [-0.05, 0) is 19.4 Å². The maximum absolute atomic E-state index is 11.2. The van der Waals surface area contributed by atoms with Crippen LogP contribution in [0.5, 0.6) is 0 Å². The van der Waals surface area contributed by atoms with Crippen molar-refractivity contribution in [1.82, 2.24) is 16.0 Å². The molecule has 0 rings (SSSR count). The number of rotatable bonds is 4. The Morgan fingerprint density at radius 1 is 1.40 bits per heavy atom. The number of aliphatic imine (C=N–C) groups is 1. The Balaban J connectivity index is 4.39. The average Bonchev–Trinajstić information content (AvgIpc) is 2.24. The first kappa shape index (κ1) is 13.5. The van der Waals surface area contributed by atoms with Crippen LogP contribution in [0.4, 0.5) is 4.79 Å². The van der Waals surface area contributed by atoms with Gasteiger partial charge in [0.2, 0.25) is 0 Å². The second-order valence-corrected chi connectivity index (χ2v) is 2.87. The van der Waals surface area contributed by atoms with Crippen molar-refractivity contribution < 1.29 is 4.79 Å². The van der Waals surface area contributed by atoms with E-state index >= 15 is 0 Å². The van der Waals surface area contributed by atoms with E-state index in [9.17, 15) is 4.79 Å². The number of hydrogen-bond donors (Lipinski definition) is 3. The van der Waals surface area contributed by atoms with Crippen LogP contribution in [0.1, 0.15) is 20.3 Å². The molecule has 0 saturated carbocycles. The first-order chi connectivity index (χ1) is 7.17. The molecular formula is C10H20N4O. The molecule has 0 aromatic rings. The maximum Gasteiger partial charge on any atom is 0.320 e. The summed E-state index contributed by atoms with van der Waals surface area (Å²) in [7, 11) is 3.48. The average molecular weight is 212 g/mol. The Morgan fingerprint density at radius 2 is 2.07 bits per heavy atom. The van der Waals surface area contributed by atoms with Gasteiger partial charge in [0.15, 0.2) is 0 Å². The predicted molar refractivity (Wildman–Crippen MR) is 63.0 cm³/mol. The first-order valence-corrected chi connectivity index (χ1v) is 5.07. The summed E-state index contributed by atoms with van der Waals surface area (Å²) < 4.78 is 0. The third kappa shape index (κ3) is 5.72. The highest BCUT2D eigenvalue weighted by Crippen LogP contribution is 1.94. The van der Waals surface area contributed by atoms with Gasteiger partial charge < -0.3 is 10.6 Å². The van der Waals surface area contributed by atoms with E-state index in [1.54, 1.807) is 7.05 Å². The van der Waals surface area contributed by atoms with Crippen molar-refractivity contribution in [2.75, 3.05) is 20.6 Å².